The van der Waals surface area contributed by atoms with Gasteiger partial charge < -0.3 is 16.3 Å². The second-order valence-electron chi connectivity index (χ2n) is 2.17. The van der Waals surface area contributed by atoms with Crippen molar-refractivity contribution in [2.75, 3.05) is 0 Å². The second kappa shape index (κ2) is 4.32. The zero-order chi connectivity index (χ0) is 9.72. The van der Waals surface area contributed by atoms with Crippen LogP contribution < -0.4 is 11.6 Å². The first kappa shape index (κ1) is 10.4. The van der Waals surface area contributed by atoms with Crippen LogP contribution in [-0.2, 0) is 14.3 Å². The van der Waals surface area contributed by atoms with Gasteiger partial charge in [-0.3, -0.25) is 4.79 Å². The number of hydrazone groups is 1. The molecule has 12 heavy (non-hydrogen) atoms. The van der Waals surface area contributed by atoms with Gasteiger partial charge in [-0.2, -0.15) is 5.10 Å². The fourth-order valence-electron chi connectivity index (χ4n) is 0.357. The molecule has 0 fully saturated rings. The Balaban J connectivity index is 4.11. The van der Waals surface area contributed by atoms with Crippen molar-refractivity contribution in [3.8, 4) is 0 Å². The lowest BCUT2D eigenvalue weighted by Crippen LogP contribution is -2.32. The summed E-state index contributed by atoms with van der Waals surface area (Å²) in [6, 6.07) is 0. The normalized spacial score (nSPS) is 13.7. The maximum Gasteiger partial charge on any atom is 0.376 e. The number of esters is 1. The van der Waals surface area contributed by atoms with Gasteiger partial charge in [0.05, 0.1) is 0 Å². The van der Waals surface area contributed by atoms with Gasteiger partial charge in [0.25, 0.3) is 0 Å². The predicted molar refractivity (Wildman–Crippen MR) is 42.0 cm³/mol. The highest BCUT2D eigenvalue weighted by atomic mass is 16.5. The minimum atomic E-state index is -0.889. The number of carbonyl (C=O) groups is 2. The number of ether oxygens (including phenoxy) is 1. The Morgan fingerprint density at radius 1 is 1.50 bits per heavy atom. The van der Waals surface area contributed by atoms with Crippen molar-refractivity contribution in [3.05, 3.63) is 0 Å². The summed E-state index contributed by atoms with van der Waals surface area (Å²) >= 11 is 0. The number of carbonyl (C=O) groups excluding carboxylic acids is 2. The molecule has 1 unspecified atom stereocenters. The van der Waals surface area contributed by atoms with Gasteiger partial charge >= 0.3 is 5.97 Å². The molecular formula is C6H11N3O3. The Kier molecular flexibility index (Phi) is 3.75. The number of hydrogen-bond acceptors (Lipinski definition) is 5. The van der Waals surface area contributed by atoms with Crippen LogP contribution in [-0.4, -0.2) is 23.7 Å². The molecule has 0 spiro atoms. The summed E-state index contributed by atoms with van der Waals surface area (Å²) in [5.41, 5.74) is 5.00. The van der Waals surface area contributed by atoms with Gasteiger partial charge in [0.1, 0.15) is 0 Å². The fourth-order valence-corrected chi connectivity index (χ4v) is 0.357. The third-order valence-corrected chi connectivity index (χ3v) is 1.20. The molecule has 1 atom stereocenters. The van der Waals surface area contributed by atoms with Crippen LogP contribution in [0.25, 0.3) is 0 Å². The Morgan fingerprint density at radius 3 is 2.33 bits per heavy atom. The van der Waals surface area contributed by atoms with E-state index in [0.29, 0.717) is 0 Å². The third-order valence-electron chi connectivity index (χ3n) is 1.20. The average molecular weight is 173 g/mol. The number of amidine groups is 1. The molecule has 0 amide bonds. The van der Waals surface area contributed by atoms with E-state index in [1.54, 1.807) is 0 Å². The molecular weight excluding hydrogens is 162 g/mol. The van der Waals surface area contributed by atoms with Crippen molar-refractivity contribution >= 4 is 17.6 Å². The van der Waals surface area contributed by atoms with Gasteiger partial charge in [0.15, 0.2) is 11.9 Å². The van der Waals surface area contributed by atoms with Gasteiger partial charge in [-0.15, -0.1) is 0 Å². The van der Waals surface area contributed by atoms with Gasteiger partial charge in [0, 0.05) is 0 Å². The quantitative estimate of drug-likeness (QED) is 0.178. The molecule has 0 saturated heterocycles. The van der Waals surface area contributed by atoms with Crippen molar-refractivity contribution in [1.82, 2.24) is 0 Å². The molecule has 0 heterocycles. The average Bonchev–Trinajstić information content (AvgIpc) is 2.02. The molecule has 0 saturated carbocycles. The van der Waals surface area contributed by atoms with Gasteiger partial charge in [-0.05, 0) is 13.8 Å². The minimum absolute atomic E-state index is 0.270. The number of hydrogen-bond donors (Lipinski definition) is 2. The molecule has 0 radical (unpaired) electrons. The zero-order valence-electron chi connectivity index (χ0n) is 6.90. The van der Waals surface area contributed by atoms with Crippen LogP contribution in [0, 0.1) is 0 Å². The maximum absolute atomic E-state index is 10.8. The molecule has 0 aromatic rings. The van der Waals surface area contributed by atoms with Gasteiger partial charge in [-0.1, -0.05) is 0 Å². The first-order chi connectivity index (χ1) is 5.49. The maximum atomic E-state index is 10.8. The smallest absolute Gasteiger partial charge is 0.376 e. The Labute approximate surface area is 69.5 Å². The van der Waals surface area contributed by atoms with E-state index in [2.05, 4.69) is 9.84 Å². The van der Waals surface area contributed by atoms with Gasteiger partial charge in [-0.25, -0.2) is 4.79 Å². The molecule has 6 nitrogen and oxygen atoms in total. The summed E-state index contributed by atoms with van der Waals surface area (Å²) in [6.45, 7) is 2.73. The number of rotatable bonds is 2. The van der Waals surface area contributed by atoms with Gasteiger partial charge in [0.2, 0.25) is 5.84 Å². The molecule has 0 aliphatic rings. The molecule has 0 aliphatic heterocycles. The van der Waals surface area contributed by atoms with Crippen LogP contribution in [0.1, 0.15) is 13.8 Å². The number of ketones is 1. The third kappa shape index (κ3) is 3.00. The highest BCUT2D eigenvalue weighted by molar-refractivity contribution is 6.34. The lowest BCUT2D eigenvalue weighted by molar-refractivity contribution is -0.146. The summed E-state index contributed by atoms with van der Waals surface area (Å²) in [5, 5.41) is 2.91. The molecule has 0 bridgehead atoms. The lowest BCUT2D eigenvalue weighted by Gasteiger charge is -2.08. The molecule has 0 rings (SSSR count). The van der Waals surface area contributed by atoms with E-state index in [4.69, 9.17) is 11.6 Å². The van der Waals surface area contributed by atoms with Crippen molar-refractivity contribution in [2.45, 2.75) is 20.0 Å². The summed E-state index contributed by atoms with van der Waals surface area (Å²) < 4.78 is 4.54. The molecule has 4 N–H and O–H groups in total. The van der Waals surface area contributed by atoms with Crippen LogP contribution >= 0.6 is 0 Å². The first-order valence-electron chi connectivity index (χ1n) is 3.23. The largest absolute Gasteiger partial charge is 0.449 e. The number of nitrogens with two attached hydrogens (primary N) is 2. The molecule has 6 heteroatoms. The molecule has 0 aromatic heterocycles. The summed E-state index contributed by atoms with van der Waals surface area (Å²) in [6.07, 6.45) is -0.821. The van der Waals surface area contributed by atoms with Crippen LogP contribution in [0.3, 0.4) is 0 Å². The van der Waals surface area contributed by atoms with E-state index in [1.165, 1.54) is 13.8 Å². The topological polar surface area (TPSA) is 108 Å². The SMILES string of the molecule is CC(=O)C(C)OC(=O)/C(N)=N/N. The highest BCUT2D eigenvalue weighted by Crippen LogP contribution is 1.92. The van der Waals surface area contributed by atoms with Crippen LogP contribution in [0.4, 0.5) is 0 Å². The monoisotopic (exact) mass is 173 g/mol. The van der Waals surface area contributed by atoms with Crippen molar-refractivity contribution in [3.63, 3.8) is 0 Å². The van der Waals surface area contributed by atoms with Crippen molar-refractivity contribution in [1.29, 1.82) is 0 Å². The molecule has 0 aromatic carbocycles. The van der Waals surface area contributed by atoms with Crippen molar-refractivity contribution in [2.24, 2.45) is 16.7 Å². The van der Waals surface area contributed by atoms with E-state index in [-0.39, 0.29) is 5.78 Å². The standard InChI is InChI=1S/C6H11N3O3/c1-3(10)4(2)12-6(11)5(7)9-8/h4H,8H2,1-2H3,(H2,7,9). The lowest BCUT2D eigenvalue weighted by atomic mass is 10.3. The van der Waals surface area contributed by atoms with E-state index in [9.17, 15) is 9.59 Å². The van der Waals surface area contributed by atoms with Crippen LogP contribution in [0.5, 0.6) is 0 Å². The predicted octanol–water partition coefficient (Wildman–Crippen LogP) is -1.26. The van der Waals surface area contributed by atoms with E-state index in [1.807, 2.05) is 0 Å². The van der Waals surface area contributed by atoms with Crippen LogP contribution in [0.2, 0.25) is 0 Å². The van der Waals surface area contributed by atoms with E-state index < -0.39 is 17.9 Å². The fraction of sp³-hybridized carbons (Fsp3) is 0.500. The first-order valence-corrected chi connectivity index (χ1v) is 3.23. The molecule has 68 valence electrons. The number of Topliss-reactive ketones (excluding diaryl/α,β-unsaturated/α-hetero) is 1. The Hall–Kier alpha value is -1.59. The molecule has 0 aliphatic carbocycles. The van der Waals surface area contributed by atoms with E-state index in [0.717, 1.165) is 0 Å². The highest BCUT2D eigenvalue weighted by Gasteiger charge is 2.16. The summed E-state index contributed by atoms with van der Waals surface area (Å²) in [4.78, 5) is 21.4. The van der Waals surface area contributed by atoms with Crippen LogP contribution in [0.15, 0.2) is 5.10 Å². The van der Waals surface area contributed by atoms with E-state index >= 15 is 0 Å². The van der Waals surface area contributed by atoms with Crippen molar-refractivity contribution < 1.29 is 14.3 Å². The second-order valence-corrected chi connectivity index (χ2v) is 2.17. The zero-order valence-corrected chi connectivity index (χ0v) is 6.90. The Morgan fingerprint density at radius 2 is 2.00 bits per heavy atom. The minimum Gasteiger partial charge on any atom is -0.449 e. The Bertz CT molecular complexity index is 224. The number of nitrogens with zero attached hydrogens (tertiary/aromatic N) is 1. The summed E-state index contributed by atoms with van der Waals surface area (Å²) in [7, 11) is 0. The summed E-state index contributed by atoms with van der Waals surface area (Å²) in [5.74, 6) is 3.09.